The van der Waals surface area contributed by atoms with E-state index in [-0.39, 0.29) is 16.2 Å². The van der Waals surface area contributed by atoms with E-state index in [0.717, 1.165) is 0 Å². The van der Waals surface area contributed by atoms with Gasteiger partial charge in [0.1, 0.15) is 0 Å². The average molecular weight is 224 g/mol. The van der Waals surface area contributed by atoms with Gasteiger partial charge >= 0.3 is 0 Å². The molecule has 0 heterocycles. The zero-order valence-corrected chi connectivity index (χ0v) is 10.8. The molecule has 1 aliphatic rings. The lowest BCUT2D eigenvalue weighted by Crippen LogP contribution is -2.27. The van der Waals surface area contributed by atoms with Crippen LogP contribution in [-0.4, -0.2) is 23.0 Å². The number of carbonyl (C=O) groups is 1. The maximum atomic E-state index is 10.6. The fourth-order valence-corrected chi connectivity index (χ4v) is 2.87. The van der Waals surface area contributed by atoms with Crippen molar-refractivity contribution in [1.29, 1.82) is 0 Å². The van der Waals surface area contributed by atoms with Crippen LogP contribution in [0.3, 0.4) is 0 Å². The van der Waals surface area contributed by atoms with Crippen molar-refractivity contribution in [2.45, 2.75) is 41.5 Å². The van der Waals surface area contributed by atoms with Crippen molar-refractivity contribution in [1.82, 2.24) is 0 Å². The van der Waals surface area contributed by atoms with Crippen LogP contribution in [0.1, 0.15) is 41.5 Å². The molecule has 0 radical (unpaired) electrons. The van der Waals surface area contributed by atoms with E-state index < -0.39 is 0 Å². The highest BCUT2D eigenvalue weighted by atomic mass is 16.4. The summed E-state index contributed by atoms with van der Waals surface area (Å²) in [6.45, 7) is 12.3. The van der Waals surface area contributed by atoms with E-state index in [1.165, 1.54) is 0 Å². The Morgan fingerprint density at radius 1 is 1.12 bits per heavy atom. The molecule has 4 heteroatoms. The normalized spacial score (nSPS) is 26.4. The second kappa shape index (κ2) is 3.40. The van der Waals surface area contributed by atoms with Gasteiger partial charge in [-0.15, -0.1) is 0 Å². The first kappa shape index (κ1) is 12.9. The third-order valence-electron chi connectivity index (χ3n) is 5.15. The van der Waals surface area contributed by atoms with Gasteiger partial charge in [0.15, 0.2) is 0 Å². The summed E-state index contributed by atoms with van der Waals surface area (Å²) in [6, 6.07) is 0. The molecule has 0 atom stereocenters. The first-order valence-corrected chi connectivity index (χ1v) is 5.39. The van der Waals surface area contributed by atoms with E-state index in [9.17, 15) is 4.79 Å². The molecule has 0 aromatic heterocycles. The minimum atomic E-state index is -0.239. The standard InChI is InChI=1S/C12H20N2O2/c1-8(14-16)9(13-7-15)12(6)10(2,3)11(12,4)5/h7,16H,1-6H3/b13-9?,14-8+. The minimum absolute atomic E-state index is 0.0216. The number of aliphatic imine (C=N–C) groups is 1. The van der Waals surface area contributed by atoms with E-state index in [4.69, 9.17) is 5.21 Å². The molecule has 1 amide bonds. The molecule has 16 heavy (non-hydrogen) atoms. The molecular weight excluding hydrogens is 204 g/mol. The summed E-state index contributed by atoms with van der Waals surface area (Å²) in [4.78, 5) is 14.5. The van der Waals surface area contributed by atoms with Crippen LogP contribution < -0.4 is 0 Å². The zero-order chi connectivity index (χ0) is 12.8. The van der Waals surface area contributed by atoms with Gasteiger partial charge in [0.05, 0.1) is 11.4 Å². The van der Waals surface area contributed by atoms with Crippen molar-refractivity contribution < 1.29 is 10.0 Å². The van der Waals surface area contributed by atoms with Crippen LogP contribution in [0, 0.1) is 16.2 Å². The lowest BCUT2D eigenvalue weighted by molar-refractivity contribution is -0.106. The Hall–Kier alpha value is -1.19. The number of hydrogen-bond acceptors (Lipinski definition) is 3. The number of rotatable bonds is 3. The van der Waals surface area contributed by atoms with E-state index in [2.05, 4.69) is 44.8 Å². The molecule has 0 spiro atoms. The minimum Gasteiger partial charge on any atom is -0.411 e. The van der Waals surface area contributed by atoms with Crippen LogP contribution in [0.4, 0.5) is 0 Å². The first-order valence-electron chi connectivity index (χ1n) is 5.39. The smallest absolute Gasteiger partial charge is 0.233 e. The summed E-state index contributed by atoms with van der Waals surface area (Å²) in [5, 5.41) is 12.0. The molecule has 0 saturated heterocycles. The summed E-state index contributed by atoms with van der Waals surface area (Å²) in [6.07, 6.45) is 0.514. The van der Waals surface area contributed by atoms with E-state index >= 15 is 0 Å². The van der Waals surface area contributed by atoms with Gasteiger partial charge in [0.25, 0.3) is 0 Å². The zero-order valence-electron chi connectivity index (χ0n) is 10.8. The third kappa shape index (κ3) is 1.19. The summed E-state index contributed by atoms with van der Waals surface area (Å²) >= 11 is 0. The monoisotopic (exact) mass is 224 g/mol. The summed E-state index contributed by atoms with van der Waals surface area (Å²) in [5.74, 6) is 0. The highest BCUT2D eigenvalue weighted by molar-refractivity contribution is 6.45. The second-order valence-electron chi connectivity index (χ2n) is 5.64. The molecule has 1 saturated carbocycles. The van der Waals surface area contributed by atoms with Crippen LogP contribution in [0.25, 0.3) is 0 Å². The van der Waals surface area contributed by atoms with Crippen molar-refractivity contribution >= 4 is 17.8 Å². The number of nitrogens with zero attached hydrogens (tertiary/aromatic N) is 2. The molecular formula is C12H20N2O2. The molecule has 0 aromatic rings. The largest absolute Gasteiger partial charge is 0.411 e. The predicted octanol–water partition coefficient (Wildman–Crippen LogP) is 2.51. The molecule has 90 valence electrons. The predicted molar refractivity (Wildman–Crippen MR) is 64.1 cm³/mol. The molecule has 1 fully saturated rings. The first-order chi connectivity index (χ1) is 7.18. The Labute approximate surface area is 96.4 Å². The Bertz CT molecular complexity index is 364. The van der Waals surface area contributed by atoms with Crippen molar-refractivity contribution in [2.75, 3.05) is 0 Å². The molecule has 1 rings (SSSR count). The van der Waals surface area contributed by atoms with Gasteiger partial charge in [-0.25, -0.2) is 4.99 Å². The Kier molecular flexibility index (Phi) is 2.74. The molecule has 0 aliphatic heterocycles. The van der Waals surface area contributed by atoms with Crippen molar-refractivity contribution in [3.63, 3.8) is 0 Å². The Balaban J connectivity index is 3.29. The number of oxime groups is 1. The van der Waals surface area contributed by atoms with Crippen LogP contribution >= 0.6 is 0 Å². The lowest BCUT2D eigenvalue weighted by atomic mass is 9.88. The number of amides is 1. The molecule has 0 aromatic carbocycles. The quantitative estimate of drug-likeness (QED) is 0.346. The third-order valence-corrected chi connectivity index (χ3v) is 5.15. The molecule has 1 N–H and O–H groups in total. The van der Waals surface area contributed by atoms with Crippen LogP contribution in [0.15, 0.2) is 10.1 Å². The van der Waals surface area contributed by atoms with Crippen molar-refractivity contribution in [3.8, 4) is 0 Å². The van der Waals surface area contributed by atoms with Crippen molar-refractivity contribution in [3.05, 3.63) is 0 Å². The summed E-state index contributed by atoms with van der Waals surface area (Å²) in [5.41, 5.74) is 0.798. The maximum absolute atomic E-state index is 10.6. The van der Waals surface area contributed by atoms with E-state index in [0.29, 0.717) is 17.8 Å². The molecule has 4 nitrogen and oxygen atoms in total. The summed E-state index contributed by atoms with van der Waals surface area (Å²) < 4.78 is 0. The fraction of sp³-hybridized carbons (Fsp3) is 0.750. The van der Waals surface area contributed by atoms with E-state index in [1.54, 1.807) is 6.92 Å². The lowest BCUT2D eigenvalue weighted by Gasteiger charge is -2.17. The van der Waals surface area contributed by atoms with Gasteiger partial charge in [0, 0.05) is 5.41 Å². The van der Waals surface area contributed by atoms with Crippen molar-refractivity contribution in [2.24, 2.45) is 26.4 Å². The molecule has 0 unspecified atom stereocenters. The number of carbonyl (C=O) groups excluding carboxylic acids is 1. The van der Waals surface area contributed by atoms with Gasteiger partial charge in [0.2, 0.25) is 6.41 Å². The maximum Gasteiger partial charge on any atom is 0.233 e. The topological polar surface area (TPSA) is 62.0 Å². The van der Waals surface area contributed by atoms with Gasteiger partial charge in [-0.1, -0.05) is 39.8 Å². The van der Waals surface area contributed by atoms with Crippen LogP contribution in [0.5, 0.6) is 0 Å². The average Bonchev–Trinajstić information content (AvgIpc) is 2.52. The highest BCUT2D eigenvalue weighted by Crippen LogP contribution is 2.78. The Morgan fingerprint density at radius 2 is 1.56 bits per heavy atom. The van der Waals surface area contributed by atoms with E-state index in [1.807, 2.05) is 0 Å². The molecule has 0 bridgehead atoms. The SMILES string of the molecule is C/C(=N\O)C(=NC=O)C1(C)C(C)(C)C1(C)C. The van der Waals surface area contributed by atoms with Crippen LogP contribution in [-0.2, 0) is 4.79 Å². The Morgan fingerprint density at radius 3 is 1.81 bits per heavy atom. The molecule has 1 aliphatic carbocycles. The van der Waals surface area contributed by atoms with Gasteiger partial charge in [-0.05, 0) is 17.8 Å². The highest BCUT2D eigenvalue weighted by Gasteiger charge is 2.76. The van der Waals surface area contributed by atoms with Gasteiger partial charge in [-0.2, -0.15) is 0 Å². The fourth-order valence-electron chi connectivity index (χ4n) is 2.87. The van der Waals surface area contributed by atoms with Gasteiger partial charge < -0.3 is 5.21 Å². The second-order valence-corrected chi connectivity index (χ2v) is 5.64. The van der Waals surface area contributed by atoms with Crippen LogP contribution in [0.2, 0.25) is 0 Å². The summed E-state index contributed by atoms with van der Waals surface area (Å²) in [7, 11) is 0. The number of hydrogen-bond donors (Lipinski definition) is 1. The van der Waals surface area contributed by atoms with Gasteiger partial charge in [-0.3, -0.25) is 4.79 Å².